The molecule has 0 saturated heterocycles. The van der Waals surface area contributed by atoms with Gasteiger partial charge >= 0.3 is 11.9 Å². The molecular weight excluding hydrogens is 400 g/mol. The lowest BCUT2D eigenvalue weighted by Crippen LogP contribution is -2.12. The Labute approximate surface area is 195 Å². The van der Waals surface area contributed by atoms with Crippen LogP contribution in [0.15, 0.2) is 12.1 Å². The van der Waals surface area contributed by atoms with Crippen LogP contribution in [-0.4, -0.2) is 22.2 Å². The number of hydrogen-bond acceptors (Lipinski definition) is 2. The fraction of sp³-hybridized carbons (Fsp3) is 0.714. The Hall–Kier alpha value is -1.84. The van der Waals surface area contributed by atoms with Crippen molar-refractivity contribution in [2.45, 2.75) is 118 Å². The molecule has 1 aromatic carbocycles. The van der Waals surface area contributed by atoms with Crippen LogP contribution in [0.5, 0.6) is 0 Å². The minimum atomic E-state index is -0.955. The molecule has 0 aliphatic heterocycles. The van der Waals surface area contributed by atoms with Crippen molar-refractivity contribution >= 4 is 11.9 Å². The Balaban J connectivity index is 2.74. The van der Waals surface area contributed by atoms with Crippen LogP contribution in [0.4, 0.5) is 0 Å². The molecular formula is C28H46O4. The number of rotatable bonds is 18. The highest BCUT2D eigenvalue weighted by Crippen LogP contribution is 2.25. The van der Waals surface area contributed by atoms with E-state index in [2.05, 4.69) is 27.7 Å². The van der Waals surface area contributed by atoms with Crippen LogP contribution < -0.4 is 0 Å². The number of benzene rings is 1. The predicted molar refractivity (Wildman–Crippen MR) is 133 cm³/mol. The number of carbonyl (C=O) groups is 2. The summed E-state index contributed by atoms with van der Waals surface area (Å²) in [5, 5.41) is 19.4. The monoisotopic (exact) mass is 446 g/mol. The zero-order valence-corrected chi connectivity index (χ0v) is 20.9. The summed E-state index contributed by atoms with van der Waals surface area (Å²) in [6.45, 7) is 8.98. The van der Waals surface area contributed by atoms with Gasteiger partial charge in [0.05, 0.1) is 11.1 Å². The topological polar surface area (TPSA) is 74.6 Å². The van der Waals surface area contributed by atoms with Gasteiger partial charge in [-0.15, -0.1) is 0 Å². The van der Waals surface area contributed by atoms with Gasteiger partial charge in [-0.3, -0.25) is 0 Å². The Morgan fingerprint density at radius 2 is 0.906 bits per heavy atom. The average molecular weight is 447 g/mol. The minimum absolute atomic E-state index is 0.279. The van der Waals surface area contributed by atoms with Gasteiger partial charge in [0, 0.05) is 0 Å². The Morgan fingerprint density at radius 1 is 0.594 bits per heavy atom. The minimum Gasteiger partial charge on any atom is -0.478 e. The molecule has 0 aromatic heterocycles. The molecule has 0 aliphatic rings. The molecule has 0 heterocycles. The molecule has 0 radical (unpaired) electrons. The second-order valence-corrected chi connectivity index (χ2v) is 10.1. The molecule has 1 rings (SSSR count). The number of carboxylic acid groups (broad SMARTS) is 2. The molecule has 0 bridgehead atoms. The van der Waals surface area contributed by atoms with E-state index in [0.717, 1.165) is 61.5 Å². The summed E-state index contributed by atoms with van der Waals surface area (Å²) < 4.78 is 0. The summed E-state index contributed by atoms with van der Waals surface area (Å²) in [4.78, 5) is 23.7. The normalized spacial score (nSPS) is 11.4. The first kappa shape index (κ1) is 28.2. The largest absolute Gasteiger partial charge is 0.478 e. The molecule has 0 amide bonds. The summed E-state index contributed by atoms with van der Waals surface area (Å²) in [5.41, 5.74) is 2.06. The molecule has 0 aliphatic carbocycles. The van der Waals surface area contributed by atoms with E-state index in [0.29, 0.717) is 12.8 Å². The van der Waals surface area contributed by atoms with Gasteiger partial charge in [0.15, 0.2) is 0 Å². The number of aromatic carboxylic acids is 2. The van der Waals surface area contributed by atoms with E-state index in [1.807, 2.05) is 0 Å². The summed E-state index contributed by atoms with van der Waals surface area (Å²) in [6, 6.07) is 2.97. The van der Waals surface area contributed by atoms with Gasteiger partial charge in [0.1, 0.15) is 0 Å². The molecule has 0 saturated carbocycles. The zero-order valence-electron chi connectivity index (χ0n) is 20.9. The van der Waals surface area contributed by atoms with Crippen molar-refractivity contribution in [1.82, 2.24) is 0 Å². The van der Waals surface area contributed by atoms with Crippen molar-refractivity contribution in [1.29, 1.82) is 0 Å². The van der Waals surface area contributed by atoms with E-state index in [4.69, 9.17) is 0 Å². The molecule has 1 aromatic rings. The first-order chi connectivity index (χ1) is 15.2. The van der Waals surface area contributed by atoms with E-state index >= 15 is 0 Å². The fourth-order valence-corrected chi connectivity index (χ4v) is 4.43. The molecule has 0 atom stereocenters. The number of carboxylic acids is 2. The molecule has 182 valence electrons. The second kappa shape index (κ2) is 15.9. The maximum atomic E-state index is 11.8. The highest BCUT2D eigenvalue weighted by molar-refractivity contribution is 5.95. The zero-order chi connectivity index (χ0) is 23.9. The van der Waals surface area contributed by atoms with Crippen molar-refractivity contribution in [2.75, 3.05) is 0 Å². The maximum absolute atomic E-state index is 11.8. The van der Waals surface area contributed by atoms with Gasteiger partial charge in [-0.1, -0.05) is 91.9 Å². The number of hydrogen-bond donors (Lipinski definition) is 2. The van der Waals surface area contributed by atoms with Gasteiger partial charge in [-0.25, -0.2) is 9.59 Å². The van der Waals surface area contributed by atoms with Gasteiger partial charge < -0.3 is 10.2 Å². The first-order valence-corrected chi connectivity index (χ1v) is 12.8. The molecule has 32 heavy (non-hydrogen) atoms. The van der Waals surface area contributed by atoms with E-state index in [1.165, 1.54) is 50.7 Å². The molecule has 4 heteroatoms. The Bertz CT molecular complexity index is 632. The van der Waals surface area contributed by atoms with Gasteiger partial charge in [0.2, 0.25) is 0 Å². The standard InChI is InChI=1S/C28H46O4/c1-21(2)15-11-7-5-9-13-17-23-24(18-14-10-6-8-12-16-22(3)4)26(28(31)32)20-19-25(23)27(29)30/h19-22H,5-18H2,1-4H3,(H,29,30)(H,31,32). The molecule has 0 fully saturated rings. The van der Waals surface area contributed by atoms with Crippen LogP contribution >= 0.6 is 0 Å². The molecule has 4 nitrogen and oxygen atoms in total. The maximum Gasteiger partial charge on any atom is 0.335 e. The van der Waals surface area contributed by atoms with E-state index in [-0.39, 0.29) is 11.1 Å². The van der Waals surface area contributed by atoms with Crippen LogP contribution in [0, 0.1) is 11.8 Å². The third kappa shape index (κ3) is 11.2. The summed E-state index contributed by atoms with van der Waals surface area (Å²) in [7, 11) is 0. The number of unbranched alkanes of at least 4 members (excludes halogenated alkanes) is 8. The van der Waals surface area contributed by atoms with Crippen LogP contribution in [0.2, 0.25) is 0 Å². The molecule has 0 spiro atoms. The summed E-state index contributed by atoms with van der Waals surface area (Å²) >= 11 is 0. The van der Waals surface area contributed by atoms with Crippen LogP contribution in [0.25, 0.3) is 0 Å². The summed E-state index contributed by atoms with van der Waals surface area (Å²) in [6.07, 6.45) is 15.0. The first-order valence-electron chi connectivity index (χ1n) is 12.8. The van der Waals surface area contributed by atoms with Crippen molar-refractivity contribution in [3.63, 3.8) is 0 Å². The van der Waals surface area contributed by atoms with Crippen LogP contribution in [0.3, 0.4) is 0 Å². The average Bonchev–Trinajstić information content (AvgIpc) is 2.71. The third-order valence-corrected chi connectivity index (χ3v) is 6.31. The smallest absolute Gasteiger partial charge is 0.335 e. The predicted octanol–water partition coefficient (Wildman–Crippen LogP) is 8.16. The van der Waals surface area contributed by atoms with Crippen molar-refractivity contribution < 1.29 is 19.8 Å². The lowest BCUT2D eigenvalue weighted by Gasteiger charge is -2.16. The highest BCUT2D eigenvalue weighted by atomic mass is 16.4. The van der Waals surface area contributed by atoms with Crippen LogP contribution in [-0.2, 0) is 12.8 Å². The van der Waals surface area contributed by atoms with Gasteiger partial charge in [-0.2, -0.15) is 0 Å². The Morgan fingerprint density at radius 3 is 1.22 bits per heavy atom. The second-order valence-electron chi connectivity index (χ2n) is 10.1. The SMILES string of the molecule is CC(C)CCCCCCCc1c(C(=O)O)ccc(C(=O)O)c1CCCCCCCC(C)C. The van der Waals surface area contributed by atoms with E-state index in [9.17, 15) is 19.8 Å². The van der Waals surface area contributed by atoms with Gasteiger partial charge in [-0.05, 0) is 60.8 Å². The van der Waals surface area contributed by atoms with Crippen molar-refractivity contribution in [3.05, 3.63) is 34.4 Å². The Kier molecular flexibility index (Phi) is 14.0. The quantitative estimate of drug-likeness (QED) is 0.223. The lowest BCUT2D eigenvalue weighted by atomic mass is 9.88. The summed E-state index contributed by atoms with van der Waals surface area (Å²) in [5.74, 6) is -0.429. The van der Waals surface area contributed by atoms with Crippen molar-refractivity contribution in [3.8, 4) is 0 Å². The fourth-order valence-electron chi connectivity index (χ4n) is 4.43. The van der Waals surface area contributed by atoms with E-state index in [1.54, 1.807) is 0 Å². The lowest BCUT2D eigenvalue weighted by molar-refractivity contribution is 0.0679. The van der Waals surface area contributed by atoms with Crippen LogP contribution in [0.1, 0.15) is 137 Å². The van der Waals surface area contributed by atoms with Gasteiger partial charge in [0.25, 0.3) is 0 Å². The van der Waals surface area contributed by atoms with E-state index < -0.39 is 11.9 Å². The van der Waals surface area contributed by atoms with Crippen molar-refractivity contribution in [2.24, 2.45) is 11.8 Å². The molecule has 2 N–H and O–H groups in total. The third-order valence-electron chi connectivity index (χ3n) is 6.31. The highest BCUT2D eigenvalue weighted by Gasteiger charge is 2.20. The molecule has 0 unspecified atom stereocenters.